The molecule has 0 saturated carbocycles. The first-order valence-electron chi connectivity index (χ1n) is 5.97. The molecule has 0 saturated heterocycles. The molecule has 2 rings (SSSR count). The van der Waals surface area contributed by atoms with Gasteiger partial charge in [-0.3, -0.25) is 0 Å². The topological polar surface area (TPSA) is 81.4 Å². The second-order valence-electron chi connectivity index (χ2n) is 4.47. The van der Waals surface area contributed by atoms with Crippen molar-refractivity contribution in [3.63, 3.8) is 0 Å². The van der Waals surface area contributed by atoms with E-state index in [2.05, 4.69) is 10.6 Å². The van der Waals surface area contributed by atoms with E-state index in [0.29, 0.717) is 18.0 Å². The zero-order chi connectivity index (χ0) is 14.0. The molecule has 1 unspecified atom stereocenters. The zero-order valence-corrected chi connectivity index (χ0v) is 11.5. The van der Waals surface area contributed by atoms with Gasteiger partial charge in [-0.15, -0.1) is 6.42 Å². The van der Waals surface area contributed by atoms with Crippen molar-refractivity contribution in [2.24, 2.45) is 0 Å². The van der Waals surface area contributed by atoms with E-state index < -0.39 is 16.1 Å². The third-order valence-electron chi connectivity index (χ3n) is 2.86. The SMILES string of the molecule is C#CC(C)NS(=O)(=O)c1cc(N)cc2c1OCCC2. The predicted molar refractivity (Wildman–Crippen MR) is 73.3 cm³/mol. The standard InChI is InChI=1S/C13H16N2O3S/c1-3-9(2)15-19(16,17)12-8-11(14)7-10-5-4-6-18-13(10)12/h1,7-9,15H,4-6,14H2,2H3. The lowest BCUT2D eigenvalue weighted by Crippen LogP contribution is -2.32. The molecule has 1 aliphatic heterocycles. The Balaban J connectivity index is 2.50. The van der Waals surface area contributed by atoms with Gasteiger partial charge < -0.3 is 10.5 Å². The minimum Gasteiger partial charge on any atom is -0.492 e. The van der Waals surface area contributed by atoms with Crippen molar-refractivity contribution < 1.29 is 13.2 Å². The van der Waals surface area contributed by atoms with Gasteiger partial charge in [0.05, 0.1) is 12.6 Å². The van der Waals surface area contributed by atoms with Crippen molar-refractivity contribution in [2.45, 2.75) is 30.7 Å². The van der Waals surface area contributed by atoms with Crippen molar-refractivity contribution in [3.05, 3.63) is 17.7 Å². The van der Waals surface area contributed by atoms with Gasteiger partial charge >= 0.3 is 0 Å². The third-order valence-corrected chi connectivity index (χ3v) is 4.41. The summed E-state index contributed by atoms with van der Waals surface area (Å²) in [7, 11) is -3.73. The number of ether oxygens (including phenoxy) is 1. The maximum atomic E-state index is 12.3. The second-order valence-corrected chi connectivity index (χ2v) is 6.15. The van der Waals surface area contributed by atoms with Crippen LogP contribution in [-0.2, 0) is 16.4 Å². The largest absolute Gasteiger partial charge is 0.492 e. The van der Waals surface area contributed by atoms with E-state index in [9.17, 15) is 8.42 Å². The van der Waals surface area contributed by atoms with Gasteiger partial charge in [0.2, 0.25) is 10.0 Å². The lowest BCUT2D eigenvalue weighted by atomic mass is 10.1. The van der Waals surface area contributed by atoms with E-state index in [1.807, 2.05) is 0 Å². The molecule has 0 bridgehead atoms. The number of nitrogens with two attached hydrogens (primary N) is 1. The molecular weight excluding hydrogens is 264 g/mol. The number of rotatable bonds is 3. The van der Waals surface area contributed by atoms with E-state index >= 15 is 0 Å². The summed E-state index contributed by atoms with van der Waals surface area (Å²) in [6.07, 6.45) is 6.80. The molecule has 19 heavy (non-hydrogen) atoms. The molecule has 6 heteroatoms. The molecule has 0 aromatic heterocycles. The van der Waals surface area contributed by atoms with Crippen LogP contribution in [-0.4, -0.2) is 21.1 Å². The van der Waals surface area contributed by atoms with E-state index in [1.165, 1.54) is 6.07 Å². The lowest BCUT2D eigenvalue weighted by molar-refractivity contribution is 0.280. The molecule has 3 N–H and O–H groups in total. The predicted octanol–water partition coefficient (Wildman–Crippen LogP) is 0.894. The first-order valence-corrected chi connectivity index (χ1v) is 7.46. The molecule has 1 heterocycles. The fourth-order valence-corrected chi connectivity index (χ4v) is 3.39. The Morgan fingerprint density at radius 3 is 2.95 bits per heavy atom. The summed E-state index contributed by atoms with van der Waals surface area (Å²) in [6.45, 7) is 2.10. The smallest absolute Gasteiger partial charge is 0.245 e. The molecular formula is C13H16N2O3S. The minimum absolute atomic E-state index is 0.0595. The molecule has 0 aliphatic carbocycles. The van der Waals surface area contributed by atoms with Crippen LogP contribution >= 0.6 is 0 Å². The van der Waals surface area contributed by atoms with Gasteiger partial charge in [0.1, 0.15) is 10.6 Å². The molecule has 0 spiro atoms. The molecule has 0 fully saturated rings. The van der Waals surface area contributed by atoms with Gasteiger partial charge in [-0.25, -0.2) is 8.42 Å². The van der Waals surface area contributed by atoms with Gasteiger partial charge in [-0.05, 0) is 37.5 Å². The average Bonchev–Trinajstić information content (AvgIpc) is 2.37. The van der Waals surface area contributed by atoms with Crippen molar-refractivity contribution >= 4 is 15.7 Å². The summed E-state index contributed by atoms with van der Waals surface area (Å²) in [5, 5.41) is 0. The molecule has 1 aliphatic rings. The molecule has 1 aromatic carbocycles. The highest BCUT2D eigenvalue weighted by Gasteiger charge is 2.26. The first-order chi connectivity index (χ1) is 8.94. The van der Waals surface area contributed by atoms with Crippen LogP contribution in [0.4, 0.5) is 5.69 Å². The molecule has 102 valence electrons. The highest BCUT2D eigenvalue weighted by molar-refractivity contribution is 7.89. The number of terminal acetylenes is 1. The number of nitrogens with one attached hydrogen (secondary N) is 1. The molecule has 1 aromatic rings. The van der Waals surface area contributed by atoms with Crippen LogP contribution in [0.1, 0.15) is 18.9 Å². The lowest BCUT2D eigenvalue weighted by Gasteiger charge is -2.21. The average molecular weight is 280 g/mol. The number of anilines is 1. The van der Waals surface area contributed by atoms with Crippen molar-refractivity contribution in [3.8, 4) is 18.1 Å². The number of nitrogen functional groups attached to an aromatic ring is 1. The Bertz CT molecular complexity index is 632. The Morgan fingerprint density at radius 2 is 2.26 bits per heavy atom. The Hall–Kier alpha value is -1.71. The summed E-state index contributed by atoms with van der Waals surface area (Å²) < 4.78 is 32.5. The van der Waals surface area contributed by atoms with Gasteiger partial charge in [0.15, 0.2) is 0 Å². The number of sulfonamides is 1. The summed E-state index contributed by atoms with van der Waals surface area (Å²) in [5.74, 6) is 2.71. The second kappa shape index (κ2) is 5.11. The van der Waals surface area contributed by atoms with Gasteiger partial charge in [0, 0.05) is 5.69 Å². The number of benzene rings is 1. The van der Waals surface area contributed by atoms with Crippen LogP contribution < -0.4 is 15.2 Å². The summed E-state index contributed by atoms with van der Waals surface area (Å²) in [6, 6.07) is 2.55. The third kappa shape index (κ3) is 2.83. The number of hydrogen-bond acceptors (Lipinski definition) is 4. The summed E-state index contributed by atoms with van der Waals surface area (Å²) in [4.78, 5) is 0.0595. The summed E-state index contributed by atoms with van der Waals surface area (Å²) in [5.41, 5.74) is 6.97. The fourth-order valence-electron chi connectivity index (χ4n) is 2.00. The molecule has 0 amide bonds. The maximum absolute atomic E-state index is 12.3. The van der Waals surface area contributed by atoms with Crippen LogP contribution in [0.2, 0.25) is 0 Å². The van der Waals surface area contributed by atoms with Crippen LogP contribution in [0, 0.1) is 12.3 Å². The Labute approximate surface area is 113 Å². The van der Waals surface area contributed by atoms with Crippen LogP contribution in [0.25, 0.3) is 0 Å². The quantitative estimate of drug-likeness (QED) is 0.636. The highest BCUT2D eigenvalue weighted by atomic mass is 32.2. The monoisotopic (exact) mass is 280 g/mol. The van der Waals surface area contributed by atoms with E-state index in [1.54, 1.807) is 13.0 Å². The van der Waals surface area contributed by atoms with Gasteiger partial charge in [-0.2, -0.15) is 4.72 Å². The van der Waals surface area contributed by atoms with E-state index in [-0.39, 0.29) is 4.90 Å². The van der Waals surface area contributed by atoms with E-state index in [0.717, 1.165) is 18.4 Å². The van der Waals surface area contributed by atoms with Crippen LogP contribution in [0.15, 0.2) is 17.0 Å². The Morgan fingerprint density at radius 1 is 1.53 bits per heavy atom. The molecule has 1 atom stereocenters. The zero-order valence-electron chi connectivity index (χ0n) is 10.6. The first kappa shape index (κ1) is 13.7. The van der Waals surface area contributed by atoms with Crippen molar-refractivity contribution in [1.82, 2.24) is 4.72 Å². The summed E-state index contributed by atoms with van der Waals surface area (Å²) >= 11 is 0. The number of fused-ring (bicyclic) bond motifs is 1. The van der Waals surface area contributed by atoms with Crippen molar-refractivity contribution in [1.29, 1.82) is 0 Å². The van der Waals surface area contributed by atoms with Crippen LogP contribution in [0.3, 0.4) is 0 Å². The van der Waals surface area contributed by atoms with Crippen molar-refractivity contribution in [2.75, 3.05) is 12.3 Å². The van der Waals surface area contributed by atoms with E-state index in [4.69, 9.17) is 16.9 Å². The molecule has 0 radical (unpaired) electrons. The Kier molecular flexibility index (Phi) is 3.69. The fraction of sp³-hybridized carbons (Fsp3) is 0.385. The molecule has 5 nitrogen and oxygen atoms in total. The van der Waals surface area contributed by atoms with Crippen LogP contribution in [0.5, 0.6) is 5.75 Å². The number of aryl methyl sites for hydroxylation is 1. The maximum Gasteiger partial charge on any atom is 0.245 e. The van der Waals surface area contributed by atoms with Gasteiger partial charge in [-0.1, -0.05) is 5.92 Å². The normalized spacial score (nSPS) is 16.0. The number of hydrogen-bond donors (Lipinski definition) is 2. The minimum atomic E-state index is -3.73. The highest BCUT2D eigenvalue weighted by Crippen LogP contribution is 2.34. The van der Waals surface area contributed by atoms with Gasteiger partial charge in [0.25, 0.3) is 0 Å².